The number of benzene rings is 1. The molecule has 0 bridgehead atoms. The molecule has 1 aromatic carbocycles. The van der Waals surface area contributed by atoms with Crippen LogP contribution in [-0.4, -0.2) is 14.6 Å². The first kappa shape index (κ1) is 12.8. The zero-order chi connectivity index (χ0) is 14.3. The van der Waals surface area contributed by atoms with Gasteiger partial charge in [0.2, 0.25) is 4.96 Å². The summed E-state index contributed by atoms with van der Waals surface area (Å²) in [4.78, 5) is 5.15. The maximum Gasteiger partial charge on any atom is 0.213 e. The van der Waals surface area contributed by atoms with Crippen molar-refractivity contribution in [1.29, 1.82) is 5.26 Å². The molecule has 2 heterocycles. The van der Waals surface area contributed by atoms with Crippen LogP contribution in [0.3, 0.4) is 0 Å². The Morgan fingerprint density at radius 3 is 2.60 bits per heavy atom. The van der Waals surface area contributed by atoms with Crippen LogP contribution in [0.5, 0.6) is 0 Å². The van der Waals surface area contributed by atoms with Gasteiger partial charge in [-0.3, -0.25) is 0 Å². The van der Waals surface area contributed by atoms with Gasteiger partial charge in [0, 0.05) is 5.56 Å². The molecule has 0 fully saturated rings. The van der Waals surface area contributed by atoms with Crippen molar-refractivity contribution in [3.63, 3.8) is 0 Å². The number of aromatic nitrogens is 3. The predicted molar refractivity (Wildman–Crippen MR) is 75.1 cm³/mol. The molecule has 0 saturated heterocycles. The second-order valence-electron chi connectivity index (χ2n) is 4.72. The summed E-state index contributed by atoms with van der Waals surface area (Å²) >= 11 is 1.39. The van der Waals surface area contributed by atoms with E-state index in [1.54, 1.807) is 16.6 Å². The van der Waals surface area contributed by atoms with Gasteiger partial charge in [-0.15, -0.1) is 0 Å². The van der Waals surface area contributed by atoms with Gasteiger partial charge in [0.05, 0.1) is 5.69 Å². The van der Waals surface area contributed by atoms with E-state index in [0.717, 1.165) is 16.3 Å². The Labute approximate surface area is 119 Å². The van der Waals surface area contributed by atoms with Gasteiger partial charge in [0.1, 0.15) is 16.9 Å². The minimum Gasteiger partial charge on any atom is -0.221 e. The lowest BCUT2D eigenvalue weighted by Gasteiger charge is -1.99. The fourth-order valence-corrected chi connectivity index (χ4v) is 2.89. The highest BCUT2D eigenvalue weighted by molar-refractivity contribution is 7.19. The molecule has 0 unspecified atom stereocenters. The third-order valence-electron chi connectivity index (χ3n) is 2.97. The Morgan fingerprint density at radius 1 is 1.30 bits per heavy atom. The number of imidazole rings is 1. The van der Waals surface area contributed by atoms with Crippen LogP contribution in [-0.2, 0) is 0 Å². The van der Waals surface area contributed by atoms with Crippen LogP contribution in [0.1, 0.15) is 31.2 Å². The fraction of sp³-hybridized carbons (Fsp3) is 0.214. The van der Waals surface area contributed by atoms with Crippen LogP contribution in [0.4, 0.5) is 4.39 Å². The number of fused-ring (bicyclic) bond motifs is 1. The van der Waals surface area contributed by atoms with Gasteiger partial charge in [-0.1, -0.05) is 25.2 Å². The van der Waals surface area contributed by atoms with Crippen LogP contribution in [0.2, 0.25) is 0 Å². The molecule has 0 saturated carbocycles. The molecule has 0 amide bonds. The van der Waals surface area contributed by atoms with Gasteiger partial charge < -0.3 is 0 Å². The second-order valence-corrected chi connectivity index (χ2v) is 5.68. The van der Waals surface area contributed by atoms with Crippen molar-refractivity contribution in [2.24, 2.45) is 0 Å². The predicted octanol–water partition coefficient (Wildman–Crippen LogP) is 3.59. The van der Waals surface area contributed by atoms with Crippen LogP contribution in [0.15, 0.2) is 24.3 Å². The summed E-state index contributed by atoms with van der Waals surface area (Å²) in [5.41, 5.74) is 2.05. The second kappa shape index (κ2) is 4.69. The van der Waals surface area contributed by atoms with E-state index in [0.29, 0.717) is 10.7 Å². The molecular formula is C14H11FN4S. The molecule has 3 rings (SSSR count). The third kappa shape index (κ3) is 1.96. The lowest BCUT2D eigenvalue weighted by molar-refractivity contribution is 0.628. The van der Waals surface area contributed by atoms with E-state index in [2.05, 4.69) is 16.2 Å². The fourth-order valence-electron chi connectivity index (χ4n) is 1.98. The molecule has 0 radical (unpaired) electrons. The summed E-state index contributed by atoms with van der Waals surface area (Å²) in [5, 5.41) is 14.4. The van der Waals surface area contributed by atoms with Crippen molar-refractivity contribution in [2.45, 2.75) is 19.8 Å². The first-order valence-corrected chi connectivity index (χ1v) is 6.97. The zero-order valence-corrected chi connectivity index (χ0v) is 11.8. The Morgan fingerprint density at radius 2 is 2.00 bits per heavy atom. The molecule has 0 aliphatic rings. The average Bonchev–Trinajstić information content (AvgIpc) is 2.96. The molecule has 0 aliphatic heterocycles. The minimum absolute atomic E-state index is 0.174. The Hall–Kier alpha value is -2.26. The van der Waals surface area contributed by atoms with Gasteiger partial charge >= 0.3 is 0 Å². The molecule has 3 aromatic rings. The van der Waals surface area contributed by atoms with Gasteiger partial charge in [0.25, 0.3) is 0 Å². The van der Waals surface area contributed by atoms with Crippen LogP contribution in [0.25, 0.3) is 15.5 Å². The normalized spacial score (nSPS) is 11.2. The van der Waals surface area contributed by atoms with E-state index in [1.165, 1.54) is 23.5 Å². The number of rotatable bonds is 2. The van der Waals surface area contributed by atoms with Gasteiger partial charge in [-0.2, -0.15) is 14.9 Å². The number of nitrogens with zero attached hydrogens (tertiary/aromatic N) is 4. The van der Waals surface area contributed by atoms with Crippen molar-refractivity contribution >= 4 is 16.3 Å². The summed E-state index contributed by atoms with van der Waals surface area (Å²) in [6.45, 7) is 3.99. The summed E-state index contributed by atoms with van der Waals surface area (Å²) in [6, 6.07) is 8.28. The molecule has 0 N–H and O–H groups in total. The molecular weight excluding hydrogens is 275 g/mol. The topological polar surface area (TPSA) is 54.0 Å². The maximum absolute atomic E-state index is 12.9. The first-order chi connectivity index (χ1) is 9.60. The molecule has 0 atom stereocenters. The molecule has 6 heteroatoms. The standard InChI is InChI=1S/C14H11FN4S/c1-8(2)12-11(7-16)19-14(17-12)20-13(18-19)9-3-5-10(15)6-4-9/h3-6,8H,1-2H3. The monoisotopic (exact) mass is 286 g/mol. The molecule has 20 heavy (non-hydrogen) atoms. The zero-order valence-electron chi connectivity index (χ0n) is 11.0. The number of halogens is 1. The van der Waals surface area contributed by atoms with Crippen LogP contribution < -0.4 is 0 Å². The Kier molecular flexibility index (Phi) is 2.99. The SMILES string of the molecule is CC(C)c1nc2sc(-c3ccc(F)cc3)nn2c1C#N. The summed E-state index contributed by atoms with van der Waals surface area (Å²) in [5.74, 6) is -0.109. The van der Waals surface area contributed by atoms with E-state index in [1.807, 2.05) is 13.8 Å². The van der Waals surface area contributed by atoms with E-state index < -0.39 is 0 Å². The van der Waals surface area contributed by atoms with Crippen LogP contribution in [0, 0.1) is 17.1 Å². The van der Waals surface area contributed by atoms with Gasteiger partial charge in [0.15, 0.2) is 5.69 Å². The Bertz CT molecular complexity index is 808. The number of hydrogen-bond acceptors (Lipinski definition) is 4. The van der Waals surface area contributed by atoms with Crippen molar-refractivity contribution < 1.29 is 4.39 Å². The summed E-state index contributed by atoms with van der Waals surface area (Å²) in [6.07, 6.45) is 0. The van der Waals surface area contributed by atoms with Crippen molar-refractivity contribution in [3.05, 3.63) is 41.5 Å². The number of nitriles is 1. The molecule has 2 aromatic heterocycles. The average molecular weight is 286 g/mol. The summed E-state index contributed by atoms with van der Waals surface area (Å²) < 4.78 is 14.5. The van der Waals surface area contributed by atoms with Gasteiger partial charge in [-0.25, -0.2) is 9.37 Å². The van der Waals surface area contributed by atoms with Gasteiger partial charge in [-0.05, 0) is 30.2 Å². The van der Waals surface area contributed by atoms with E-state index in [-0.39, 0.29) is 11.7 Å². The smallest absolute Gasteiger partial charge is 0.213 e. The van der Waals surface area contributed by atoms with E-state index in [4.69, 9.17) is 0 Å². The lowest BCUT2D eigenvalue weighted by Crippen LogP contribution is -1.95. The molecule has 0 aliphatic carbocycles. The quantitative estimate of drug-likeness (QED) is 0.723. The van der Waals surface area contributed by atoms with Crippen molar-refractivity contribution in [3.8, 4) is 16.6 Å². The molecule has 4 nitrogen and oxygen atoms in total. The molecule has 0 spiro atoms. The highest BCUT2D eigenvalue weighted by Gasteiger charge is 2.18. The summed E-state index contributed by atoms with van der Waals surface area (Å²) in [7, 11) is 0. The lowest BCUT2D eigenvalue weighted by atomic mass is 10.1. The Balaban J connectivity index is 2.15. The van der Waals surface area contributed by atoms with Crippen LogP contribution >= 0.6 is 11.3 Å². The maximum atomic E-state index is 12.9. The third-order valence-corrected chi connectivity index (χ3v) is 3.93. The highest BCUT2D eigenvalue weighted by atomic mass is 32.1. The molecule has 100 valence electrons. The minimum atomic E-state index is -0.283. The van der Waals surface area contributed by atoms with Crippen molar-refractivity contribution in [1.82, 2.24) is 14.6 Å². The number of hydrogen-bond donors (Lipinski definition) is 0. The van der Waals surface area contributed by atoms with Crippen molar-refractivity contribution in [2.75, 3.05) is 0 Å². The van der Waals surface area contributed by atoms with E-state index in [9.17, 15) is 9.65 Å². The highest BCUT2D eigenvalue weighted by Crippen LogP contribution is 2.29. The first-order valence-electron chi connectivity index (χ1n) is 6.15. The largest absolute Gasteiger partial charge is 0.221 e. The van der Waals surface area contributed by atoms with E-state index >= 15 is 0 Å².